The van der Waals surface area contributed by atoms with Crippen LogP contribution < -0.4 is 49.2 Å². The van der Waals surface area contributed by atoms with E-state index >= 15 is 0 Å². The minimum absolute atomic E-state index is 0. The van der Waals surface area contributed by atoms with Crippen LogP contribution in [0.25, 0.3) is 0 Å². The molecule has 0 heterocycles. The minimum Gasteiger partial charge on any atom is -1.00 e. The fourth-order valence-corrected chi connectivity index (χ4v) is 0. The van der Waals surface area contributed by atoms with Crippen molar-refractivity contribution in [2.24, 2.45) is 11.5 Å². The van der Waals surface area contributed by atoms with E-state index in [0.29, 0.717) is 6.54 Å². The third kappa shape index (κ3) is 54.0. The van der Waals surface area contributed by atoms with Crippen molar-refractivity contribution in [3.8, 4) is 0 Å². The summed E-state index contributed by atoms with van der Waals surface area (Å²) in [6, 6.07) is 0.162. The first-order valence-corrected chi connectivity index (χ1v) is 1.98. The second kappa shape index (κ2) is 23.4. The molecule has 4 heteroatoms. The molecule has 0 saturated heterocycles. The standard InChI is InChI=1S/C3H10N2.C2.2Li/c1-3(5)2-4;1-2;;/h3H,2,4-5H2,1H3;;;/q;-2;2*+1. The third-order valence-electron chi connectivity index (χ3n) is 0.372. The summed E-state index contributed by atoms with van der Waals surface area (Å²) in [5, 5.41) is 0. The first-order chi connectivity index (χ1) is 3.27. The quantitative estimate of drug-likeness (QED) is 0.201. The Balaban J connectivity index is -0.0000000286. The van der Waals surface area contributed by atoms with Gasteiger partial charge in [-0.1, -0.05) is 0 Å². The average Bonchev–Trinajstić information content (AvgIpc) is 1.73. The van der Waals surface area contributed by atoms with E-state index in [0.717, 1.165) is 0 Å². The van der Waals surface area contributed by atoms with Gasteiger partial charge in [-0.05, 0) is 6.92 Å². The van der Waals surface area contributed by atoms with Crippen molar-refractivity contribution in [1.82, 2.24) is 0 Å². The Labute approximate surface area is 81.5 Å². The van der Waals surface area contributed by atoms with Gasteiger partial charge < -0.3 is 24.3 Å². The molecule has 0 aromatic carbocycles. The van der Waals surface area contributed by atoms with Crippen LogP contribution in [0.4, 0.5) is 0 Å². The molecular formula is C5H10Li2N2. The largest absolute Gasteiger partial charge is 1.00 e. The molecule has 0 aromatic rings. The normalized spacial score (nSPS) is 8.56. The molecule has 4 N–H and O–H groups in total. The van der Waals surface area contributed by atoms with E-state index in [4.69, 9.17) is 24.3 Å². The Kier molecular flexibility index (Phi) is 58.7. The molecule has 0 aliphatic carbocycles. The van der Waals surface area contributed by atoms with Crippen molar-refractivity contribution >= 4 is 0 Å². The maximum Gasteiger partial charge on any atom is 1.00 e. The van der Waals surface area contributed by atoms with E-state index in [-0.39, 0.29) is 43.8 Å². The Morgan fingerprint density at radius 3 is 1.44 bits per heavy atom. The van der Waals surface area contributed by atoms with Gasteiger partial charge in [0.25, 0.3) is 0 Å². The Morgan fingerprint density at radius 2 is 1.44 bits per heavy atom. The van der Waals surface area contributed by atoms with Crippen LogP contribution in [0.1, 0.15) is 6.92 Å². The summed E-state index contributed by atoms with van der Waals surface area (Å²) < 4.78 is 0. The van der Waals surface area contributed by atoms with Crippen LogP contribution in [0.5, 0.6) is 0 Å². The SMILES string of the molecule is CC(N)CN.[C-]#[C-].[Li+].[Li+]. The van der Waals surface area contributed by atoms with Gasteiger partial charge in [-0.15, -0.1) is 0 Å². The first kappa shape index (κ1) is 22.6. The van der Waals surface area contributed by atoms with Crippen molar-refractivity contribution in [1.29, 1.82) is 0 Å². The first-order valence-electron chi connectivity index (χ1n) is 1.98. The second-order valence-electron chi connectivity index (χ2n) is 1.21. The molecular weight excluding hydrogens is 102 g/mol. The van der Waals surface area contributed by atoms with E-state index in [1.54, 1.807) is 0 Å². The summed E-state index contributed by atoms with van der Waals surface area (Å²) in [7, 11) is 0. The number of hydrogen-bond donors (Lipinski definition) is 2. The third-order valence-corrected chi connectivity index (χ3v) is 0.372. The van der Waals surface area contributed by atoms with Gasteiger partial charge in [-0.25, -0.2) is 0 Å². The van der Waals surface area contributed by atoms with Crippen LogP contribution >= 0.6 is 0 Å². The Hall–Kier alpha value is 0.675. The summed E-state index contributed by atoms with van der Waals surface area (Å²) in [4.78, 5) is 0. The van der Waals surface area contributed by atoms with E-state index < -0.39 is 0 Å². The van der Waals surface area contributed by atoms with Crippen LogP contribution in [0, 0.1) is 12.8 Å². The average molecular weight is 112 g/mol. The summed E-state index contributed by atoms with van der Waals surface area (Å²) >= 11 is 0. The Morgan fingerprint density at radius 1 is 1.33 bits per heavy atom. The van der Waals surface area contributed by atoms with E-state index in [9.17, 15) is 0 Å². The van der Waals surface area contributed by atoms with Crippen LogP contribution in [-0.4, -0.2) is 12.6 Å². The molecule has 0 aliphatic heterocycles. The molecule has 0 amide bonds. The molecule has 0 fully saturated rings. The van der Waals surface area contributed by atoms with Crippen LogP contribution in [-0.2, 0) is 0 Å². The van der Waals surface area contributed by atoms with Gasteiger partial charge in [-0.2, -0.15) is 0 Å². The molecule has 0 bridgehead atoms. The molecule has 2 nitrogen and oxygen atoms in total. The summed E-state index contributed by atoms with van der Waals surface area (Å²) in [5.41, 5.74) is 10.2. The number of nitrogens with two attached hydrogens (primary N) is 2. The maximum atomic E-state index is 5.17. The van der Waals surface area contributed by atoms with Crippen LogP contribution in [0.15, 0.2) is 0 Å². The monoisotopic (exact) mass is 112 g/mol. The molecule has 0 saturated carbocycles. The number of rotatable bonds is 1. The molecule has 9 heavy (non-hydrogen) atoms. The van der Waals surface area contributed by atoms with Gasteiger partial charge in [0.2, 0.25) is 0 Å². The molecule has 0 aliphatic rings. The summed E-state index contributed by atoms with van der Waals surface area (Å²) in [6.45, 7) is 2.46. The molecule has 0 radical (unpaired) electrons. The van der Waals surface area contributed by atoms with Crippen molar-refractivity contribution < 1.29 is 37.7 Å². The molecule has 42 valence electrons. The molecule has 0 rings (SSSR count). The second-order valence-corrected chi connectivity index (χ2v) is 1.21. The predicted molar refractivity (Wildman–Crippen MR) is 29.2 cm³/mol. The van der Waals surface area contributed by atoms with Gasteiger partial charge in [0.05, 0.1) is 0 Å². The number of hydrogen-bond acceptors (Lipinski definition) is 2. The van der Waals surface area contributed by atoms with Gasteiger partial charge in [0.1, 0.15) is 0 Å². The molecule has 0 spiro atoms. The minimum atomic E-state index is 0. The smallest absolute Gasteiger partial charge is 1.00 e. The predicted octanol–water partition coefficient (Wildman–Crippen LogP) is -6.54. The zero-order valence-corrected chi connectivity index (χ0v) is 6.44. The van der Waals surface area contributed by atoms with Crippen LogP contribution in [0.3, 0.4) is 0 Å². The maximum absolute atomic E-state index is 5.17. The fourth-order valence-electron chi connectivity index (χ4n) is 0. The summed E-state index contributed by atoms with van der Waals surface area (Å²) in [5.74, 6) is 0. The van der Waals surface area contributed by atoms with E-state index in [2.05, 4.69) is 0 Å². The van der Waals surface area contributed by atoms with Gasteiger partial charge >= 0.3 is 37.7 Å². The van der Waals surface area contributed by atoms with Crippen molar-refractivity contribution in [3.63, 3.8) is 0 Å². The van der Waals surface area contributed by atoms with Crippen molar-refractivity contribution in [2.45, 2.75) is 13.0 Å². The van der Waals surface area contributed by atoms with Crippen molar-refractivity contribution in [2.75, 3.05) is 6.54 Å². The fraction of sp³-hybridized carbons (Fsp3) is 0.600. The molecule has 1 atom stereocenters. The molecule has 1 unspecified atom stereocenters. The zero-order chi connectivity index (χ0) is 6.28. The zero-order valence-electron chi connectivity index (χ0n) is 6.44. The van der Waals surface area contributed by atoms with Gasteiger partial charge in [0, 0.05) is 12.6 Å². The molecule has 0 aromatic heterocycles. The van der Waals surface area contributed by atoms with Gasteiger partial charge in [-0.3, -0.25) is 0 Å². The van der Waals surface area contributed by atoms with Gasteiger partial charge in [0.15, 0.2) is 0 Å². The Bertz CT molecular complexity index is 45.5. The van der Waals surface area contributed by atoms with E-state index in [1.807, 2.05) is 6.92 Å². The van der Waals surface area contributed by atoms with Crippen molar-refractivity contribution in [3.05, 3.63) is 12.8 Å². The summed E-state index contributed by atoms with van der Waals surface area (Å²) in [6.07, 6.45) is 10.0. The van der Waals surface area contributed by atoms with E-state index in [1.165, 1.54) is 0 Å². The topological polar surface area (TPSA) is 52.0 Å². The van der Waals surface area contributed by atoms with Crippen LogP contribution in [0.2, 0.25) is 0 Å².